The van der Waals surface area contributed by atoms with Gasteiger partial charge in [0.1, 0.15) is 5.75 Å². The first-order valence-corrected chi connectivity index (χ1v) is 6.97. The third kappa shape index (κ3) is 2.67. The highest BCUT2D eigenvalue weighted by atomic mass is 16.5. The van der Waals surface area contributed by atoms with E-state index in [1.54, 1.807) is 7.11 Å². The number of aromatic nitrogens is 2. The van der Waals surface area contributed by atoms with Gasteiger partial charge in [0.25, 0.3) is 0 Å². The Morgan fingerprint density at radius 1 is 1.40 bits per heavy atom. The van der Waals surface area contributed by atoms with Gasteiger partial charge < -0.3 is 14.6 Å². The Hall–Kier alpha value is -1.88. The van der Waals surface area contributed by atoms with E-state index in [1.807, 2.05) is 24.3 Å². The summed E-state index contributed by atoms with van der Waals surface area (Å²) in [4.78, 5) is 4.55. The van der Waals surface area contributed by atoms with Crippen molar-refractivity contribution in [2.75, 3.05) is 13.7 Å². The Morgan fingerprint density at radius 3 is 3.10 bits per heavy atom. The fraction of sp³-hybridized carbons (Fsp3) is 0.467. The smallest absolute Gasteiger partial charge is 0.230 e. The number of hydrogen-bond acceptors (Lipinski definition) is 5. The van der Waals surface area contributed by atoms with Gasteiger partial charge in [0, 0.05) is 17.5 Å². The number of ether oxygens (including phenoxy) is 1. The van der Waals surface area contributed by atoms with Gasteiger partial charge in [0.2, 0.25) is 11.7 Å². The summed E-state index contributed by atoms with van der Waals surface area (Å²) >= 11 is 0. The van der Waals surface area contributed by atoms with Gasteiger partial charge in [-0.3, -0.25) is 0 Å². The fourth-order valence-corrected chi connectivity index (χ4v) is 2.64. The van der Waals surface area contributed by atoms with E-state index in [0.29, 0.717) is 17.8 Å². The average Bonchev–Trinajstić information content (AvgIpc) is 2.97. The van der Waals surface area contributed by atoms with Crippen LogP contribution in [0.3, 0.4) is 0 Å². The van der Waals surface area contributed by atoms with Crippen molar-refractivity contribution in [3.8, 4) is 17.1 Å². The number of hydrogen-bond donors (Lipinski definition) is 1. The molecular formula is C15H19N3O2. The Kier molecular flexibility index (Phi) is 3.69. The van der Waals surface area contributed by atoms with Gasteiger partial charge in [-0.2, -0.15) is 4.98 Å². The van der Waals surface area contributed by atoms with Gasteiger partial charge in [-0.15, -0.1) is 0 Å². The molecular weight excluding hydrogens is 254 g/mol. The zero-order valence-corrected chi connectivity index (χ0v) is 11.8. The molecule has 2 aromatic rings. The maximum Gasteiger partial charge on any atom is 0.230 e. The zero-order chi connectivity index (χ0) is 13.9. The van der Waals surface area contributed by atoms with Crippen LogP contribution in [0.2, 0.25) is 0 Å². The number of piperidine rings is 1. The first-order valence-electron chi connectivity index (χ1n) is 6.97. The Bertz CT molecular complexity index is 582. The maximum atomic E-state index is 5.45. The van der Waals surface area contributed by atoms with E-state index < -0.39 is 0 Å². The minimum Gasteiger partial charge on any atom is -0.497 e. The van der Waals surface area contributed by atoms with Crippen molar-refractivity contribution in [3.05, 3.63) is 30.2 Å². The van der Waals surface area contributed by atoms with Gasteiger partial charge in [-0.1, -0.05) is 17.3 Å². The lowest BCUT2D eigenvalue weighted by molar-refractivity contribution is 0.295. The molecule has 1 aliphatic rings. The van der Waals surface area contributed by atoms with E-state index >= 15 is 0 Å². The molecule has 2 unspecified atom stereocenters. The van der Waals surface area contributed by atoms with Crippen LogP contribution in [0.15, 0.2) is 28.8 Å². The molecule has 0 aliphatic carbocycles. The lowest BCUT2D eigenvalue weighted by Crippen LogP contribution is -2.34. The first kappa shape index (κ1) is 13.1. The minimum atomic E-state index is 0.359. The standard InChI is InChI=1S/C15H19N3O2/c1-10-8-12(6-7-16-10)15-17-14(18-20-15)11-4-3-5-13(9-11)19-2/h3-5,9-10,12,16H,6-8H2,1-2H3. The predicted octanol–water partition coefficient (Wildman–Crippen LogP) is 2.60. The van der Waals surface area contributed by atoms with E-state index in [4.69, 9.17) is 9.26 Å². The van der Waals surface area contributed by atoms with Crippen molar-refractivity contribution < 1.29 is 9.26 Å². The molecule has 0 spiro atoms. The van der Waals surface area contributed by atoms with E-state index in [9.17, 15) is 0 Å². The van der Waals surface area contributed by atoms with Gasteiger partial charge in [-0.25, -0.2) is 0 Å². The maximum absolute atomic E-state index is 5.45. The normalized spacial score (nSPS) is 22.7. The van der Waals surface area contributed by atoms with Crippen LogP contribution in [-0.2, 0) is 0 Å². The molecule has 1 saturated heterocycles. The van der Waals surface area contributed by atoms with Crippen LogP contribution in [0.25, 0.3) is 11.4 Å². The third-order valence-electron chi connectivity index (χ3n) is 3.74. The number of nitrogens with zero attached hydrogens (tertiary/aromatic N) is 2. The van der Waals surface area contributed by atoms with Crippen LogP contribution in [-0.4, -0.2) is 29.8 Å². The van der Waals surface area contributed by atoms with Gasteiger partial charge in [-0.05, 0) is 38.4 Å². The summed E-state index contributed by atoms with van der Waals surface area (Å²) in [5, 5.41) is 7.53. The molecule has 0 amide bonds. The lowest BCUT2D eigenvalue weighted by atomic mass is 9.93. The van der Waals surface area contributed by atoms with Crippen molar-refractivity contribution in [2.24, 2.45) is 0 Å². The van der Waals surface area contributed by atoms with Crippen LogP contribution in [0.5, 0.6) is 5.75 Å². The van der Waals surface area contributed by atoms with Crippen molar-refractivity contribution in [1.29, 1.82) is 0 Å². The molecule has 1 aromatic carbocycles. The number of methoxy groups -OCH3 is 1. The predicted molar refractivity (Wildman–Crippen MR) is 75.7 cm³/mol. The Balaban J connectivity index is 1.82. The molecule has 106 valence electrons. The molecule has 5 heteroatoms. The quantitative estimate of drug-likeness (QED) is 0.931. The van der Waals surface area contributed by atoms with Crippen LogP contribution in [0.1, 0.15) is 31.6 Å². The van der Waals surface area contributed by atoms with Crippen molar-refractivity contribution in [2.45, 2.75) is 31.7 Å². The lowest BCUT2D eigenvalue weighted by Gasteiger charge is -2.25. The van der Waals surface area contributed by atoms with Crippen LogP contribution >= 0.6 is 0 Å². The SMILES string of the molecule is COc1cccc(-c2noc(C3CCNC(C)C3)n2)c1. The second-order valence-electron chi connectivity index (χ2n) is 5.26. The van der Waals surface area contributed by atoms with Gasteiger partial charge in [0.15, 0.2) is 0 Å². The summed E-state index contributed by atoms with van der Waals surface area (Å²) in [5.74, 6) is 2.53. The van der Waals surface area contributed by atoms with Crippen LogP contribution < -0.4 is 10.1 Å². The first-order chi connectivity index (χ1) is 9.76. The number of benzene rings is 1. The molecule has 5 nitrogen and oxygen atoms in total. The van der Waals surface area contributed by atoms with Gasteiger partial charge >= 0.3 is 0 Å². The molecule has 0 radical (unpaired) electrons. The molecule has 1 fully saturated rings. The Labute approximate surface area is 118 Å². The molecule has 2 atom stereocenters. The number of rotatable bonds is 3. The summed E-state index contributed by atoms with van der Waals surface area (Å²) in [6, 6.07) is 8.21. The molecule has 2 heterocycles. The second kappa shape index (κ2) is 5.63. The molecule has 20 heavy (non-hydrogen) atoms. The van der Waals surface area contributed by atoms with E-state index in [-0.39, 0.29) is 0 Å². The molecule has 3 rings (SSSR count). The summed E-state index contributed by atoms with van der Waals surface area (Å²) in [5.41, 5.74) is 0.918. The van der Waals surface area contributed by atoms with Crippen molar-refractivity contribution in [1.82, 2.24) is 15.5 Å². The van der Waals surface area contributed by atoms with Crippen molar-refractivity contribution >= 4 is 0 Å². The number of nitrogens with one attached hydrogen (secondary N) is 1. The monoisotopic (exact) mass is 273 g/mol. The fourth-order valence-electron chi connectivity index (χ4n) is 2.64. The molecule has 1 N–H and O–H groups in total. The molecule has 1 aliphatic heterocycles. The second-order valence-corrected chi connectivity index (χ2v) is 5.26. The minimum absolute atomic E-state index is 0.359. The summed E-state index contributed by atoms with van der Waals surface area (Å²) in [6.45, 7) is 3.19. The summed E-state index contributed by atoms with van der Waals surface area (Å²) in [7, 11) is 1.65. The Morgan fingerprint density at radius 2 is 2.30 bits per heavy atom. The largest absolute Gasteiger partial charge is 0.497 e. The highest BCUT2D eigenvalue weighted by Gasteiger charge is 2.25. The van der Waals surface area contributed by atoms with Crippen LogP contribution in [0.4, 0.5) is 0 Å². The molecule has 0 bridgehead atoms. The molecule has 1 aromatic heterocycles. The van der Waals surface area contributed by atoms with Crippen LogP contribution in [0, 0.1) is 0 Å². The average molecular weight is 273 g/mol. The highest BCUT2D eigenvalue weighted by molar-refractivity contribution is 5.56. The van der Waals surface area contributed by atoms with Crippen molar-refractivity contribution in [3.63, 3.8) is 0 Å². The summed E-state index contributed by atoms with van der Waals surface area (Å²) < 4.78 is 10.7. The highest BCUT2D eigenvalue weighted by Crippen LogP contribution is 2.28. The summed E-state index contributed by atoms with van der Waals surface area (Å²) in [6.07, 6.45) is 2.09. The zero-order valence-electron chi connectivity index (χ0n) is 11.8. The molecule has 0 saturated carbocycles. The third-order valence-corrected chi connectivity index (χ3v) is 3.74. The topological polar surface area (TPSA) is 60.2 Å². The van der Waals surface area contributed by atoms with E-state index in [1.165, 1.54) is 0 Å². The van der Waals surface area contributed by atoms with Gasteiger partial charge in [0.05, 0.1) is 7.11 Å². The van der Waals surface area contributed by atoms with E-state index in [2.05, 4.69) is 22.4 Å². The van der Waals surface area contributed by atoms with E-state index in [0.717, 1.165) is 36.6 Å².